The minimum absolute atomic E-state index is 0.186. The van der Waals surface area contributed by atoms with Crippen LogP contribution in [0.2, 0.25) is 0 Å². The molecule has 3 atom stereocenters. The van der Waals surface area contributed by atoms with Gasteiger partial charge in [-0.25, -0.2) is 14.4 Å². The summed E-state index contributed by atoms with van der Waals surface area (Å²) in [6.07, 6.45) is -0.195. The van der Waals surface area contributed by atoms with E-state index in [1.807, 2.05) is 62.4 Å². The monoisotopic (exact) mass is 490 g/mol. The normalized spacial score (nSPS) is 21.1. The molecular weight excluding hydrogens is 463 g/mol. The van der Waals surface area contributed by atoms with Crippen LogP contribution in [0, 0.1) is 11.7 Å². The summed E-state index contributed by atoms with van der Waals surface area (Å²) in [6.45, 7) is 4.89. The molecule has 3 aromatic rings. The Hall–Kier alpha value is -3.91. The van der Waals surface area contributed by atoms with Crippen molar-refractivity contribution in [3.05, 3.63) is 84.2 Å². The number of rotatable bonds is 8. The minimum Gasteiger partial charge on any atom is -0.490 e. The highest BCUT2D eigenvalue weighted by molar-refractivity contribution is 6.23. The average Bonchev–Trinajstić information content (AvgIpc) is 3.39. The first kappa shape index (κ1) is 23.8. The number of halogens is 1. The van der Waals surface area contributed by atoms with Crippen LogP contribution in [0.5, 0.6) is 11.5 Å². The highest BCUT2D eigenvalue weighted by atomic mass is 19.1. The second kappa shape index (κ2) is 9.99. The Morgan fingerprint density at radius 2 is 1.64 bits per heavy atom. The van der Waals surface area contributed by atoms with E-state index in [4.69, 9.17) is 14.3 Å². The van der Waals surface area contributed by atoms with E-state index < -0.39 is 35.7 Å². The Morgan fingerprint density at radius 3 is 2.36 bits per heavy atom. The van der Waals surface area contributed by atoms with Crippen molar-refractivity contribution in [2.75, 3.05) is 23.2 Å². The lowest BCUT2D eigenvalue weighted by Gasteiger charge is -2.29. The maximum Gasteiger partial charge on any atom is 0.266 e. The fourth-order valence-corrected chi connectivity index (χ4v) is 4.73. The van der Waals surface area contributed by atoms with Crippen molar-refractivity contribution in [3.8, 4) is 11.5 Å². The quantitative estimate of drug-likeness (QED) is 0.411. The van der Waals surface area contributed by atoms with E-state index in [1.54, 1.807) is 5.06 Å². The summed E-state index contributed by atoms with van der Waals surface area (Å²) in [4.78, 5) is 34.3. The van der Waals surface area contributed by atoms with Crippen molar-refractivity contribution in [3.63, 3.8) is 0 Å². The Morgan fingerprint density at radius 1 is 0.861 bits per heavy atom. The van der Waals surface area contributed by atoms with Gasteiger partial charge in [0, 0.05) is 0 Å². The third-order valence-electron chi connectivity index (χ3n) is 6.26. The average molecular weight is 491 g/mol. The Labute approximate surface area is 208 Å². The number of carbonyl (C=O) groups excluding carboxylic acids is 2. The SMILES string of the molecule is CCCOc1ccc([C@@H]2[C@@H]3C(=O)N(c4cccc(F)c4)C(=O)[C@@H]3ON2c2ccccc2)cc1OCC. The number of imide groups is 1. The molecule has 0 radical (unpaired) electrons. The molecule has 2 aliphatic rings. The standard InChI is InChI=1S/C28H27FN2O5/c1-3-15-35-22-14-13-18(16-23(22)34-4-2)25-24-26(36-31(25)20-10-6-5-7-11-20)28(33)30(27(24)32)21-12-8-9-19(29)17-21/h5-14,16-17,24-26H,3-4,15H2,1-2H3/t24-,25+,26+/m0/s1. The van der Waals surface area contributed by atoms with E-state index in [-0.39, 0.29) is 5.69 Å². The van der Waals surface area contributed by atoms with Gasteiger partial charge >= 0.3 is 0 Å². The molecule has 5 rings (SSSR count). The van der Waals surface area contributed by atoms with Gasteiger partial charge in [0.05, 0.1) is 30.6 Å². The third-order valence-corrected chi connectivity index (χ3v) is 6.26. The predicted molar refractivity (Wildman–Crippen MR) is 132 cm³/mol. The zero-order valence-corrected chi connectivity index (χ0v) is 20.1. The molecule has 2 amide bonds. The number of nitrogens with zero attached hydrogens (tertiary/aromatic N) is 2. The van der Waals surface area contributed by atoms with E-state index >= 15 is 0 Å². The summed E-state index contributed by atoms with van der Waals surface area (Å²) in [5.74, 6) is -1.16. The number of para-hydroxylation sites is 1. The van der Waals surface area contributed by atoms with Crippen LogP contribution in [0.15, 0.2) is 72.8 Å². The fourth-order valence-electron chi connectivity index (χ4n) is 4.73. The number of ether oxygens (including phenoxy) is 2. The number of hydrogen-bond donors (Lipinski definition) is 0. The Bertz CT molecular complexity index is 1270. The third kappa shape index (κ3) is 4.18. The van der Waals surface area contributed by atoms with Gasteiger partial charge in [0.15, 0.2) is 17.6 Å². The van der Waals surface area contributed by atoms with Crippen LogP contribution in [-0.2, 0) is 14.4 Å². The van der Waals surface area contributed by atoms with Crippen LogP contribution in [0.25, 0.3) is 0 Å². The van der Waals surface area contributed by atoms with Crippen LogP contribution in [0.3, 0.4) is 0 Å². The maximum atomic E-state index is 13.9. The second-order valence-corrected chi connectivity index (χ2v) is 8.64. The van der Waals surface area contributed by atoms with Crippen molar-refractivity contribution in [2.24, 2.45) is 5.92 Å². The first-order valence-corrected chi connectivity index (χ1v) is 12.1. The van der Waals surface area contributed by atoms with E-state index in [0.29, 0.717) is 30.4 Å². The van der Waals surface area contributed by atoms with Gasteiger partial charge in [-0.15, -0.1) is 0 Å². The molecule has 0 aliphatic carbocycles. The van der Waals surface area contributed by atoms with Gasteiger partial charge in [-0.1, -0.05) is 37.3 Å². The maximum absolute atomic E-state index is 13.9. The smallest absolute Gasteiger partial charge is 0.266 e. The molecule has 0 saturated carbocycles. The molecule has 36 heavy (non-hydrogen) atoms. The number of benzene rings is 3. The fraction of sp³-hybridized carbons (Fsp3) is 0.286. The molecule has 2 saturated heterocycles. The molecule has 2 aliphatic heterocycles. The Balaban J connectivity index is 1.58. The summed E-state index contributed by atoms with van der Waals surface area (Å²) in [5.41, 5.74) is 1.63. The van der Waals surface area contributed by atoms with Crippen molar-refractivity contribution >= 4 is 23.2 Å². The molecule has 0 spiro atoms. The molecule has 0 bridgehead atoms. The van der Waals surface area contributed by atoms with Crippen molar-refractivity contribution < 1.29 is 28.3 Å². The van der Waals surface area contributed by atoms with Crippen LogP contribution in [-0.4, -0.2) is 31.1 Å². The van der Waals surface area contributed by atoms with Crippen molar-refractivity contribution in [1.29, 1.82) is 0 Å². The van der Waals surface area contributed by atoms with Gasteiger partial charge < -0.3 is 9.47 Å². The lowest BCUT2D eigenvalue weighted by atomic mass is 9.90. The summed E-state index contributed by atoms with van der Waals surface area (Å²) in [7, 11) is 0. The molecule has 0 aromatic heterocycles. The Kier molecular flexibility index (Phi) is 6.61. The number of hydroxylamine groups is 1. The highest BCUT2D eigenvalue weighted by Crippen LogP contribution is 2.48. The number of carbonyl (C=O) groups is 2. The number of hydrogen-bond acceptors (Lipinski definition) is 6. The summed E-state index contributed by atoms with van der Waals surface area (Å²) >= 11 is 0. The van der Waals surface area contributed by atoms with Gasteiger partial charge in [0.25, 0.3) is 5.91 Å². The summed E-state index contributed by atoms with van der Waals surface area (Å²) in [6, 6.07) is 19.7. The van der Waals surface area contributed by atoms with Gasteiger partial charge in [-0.05, 0) is 61.4 Å². The summed E-state index contributed by atoms with van der Waals surface area (Å²) in [5, 5.41) is 1.62. The molecule has 0 unspecified atom stereocenters. The second-order valence-electron chi connectivity index (χ2n) is 8.64. The minimum atomic E-state index is -1.04. The largest absolute Gasteiger partial charge is 0.490 e. The molecule has 2 heterocycles. The number of anilines is 2. The zero-order valence-electron chi connectivity index (χ0n) is 20.1. The molecule has 2 fully saturated rings. The van der Waals surface area contributed by atoms with E-state index in [1.165, 1.54) is 24.3 Å². The molecule has 3 aromatic carbocycles. The highest BCUT2D eigenvalue weighted by Gasteiger charge is 2.60. The molecule has 186 valence electrons. The molecular formula is C28H27FN2O5. The lowest BCUT2D eigenvalue weighted by Crippen LogP contribution is -2.37. The molecule has 0 N–H and O–H groups in total. The summed E-state index contributed by atoms with van der Waals surface area (Å²) < 4.78 is 25.6. The number of amides is 2. The van der Waals surface area contributed by atoms with Gasteiger partial charge in [-0.2, -0.15) is 0 Å². The van der Waals surface area contributed by atoms with Crippen LogP contribution >= 0.6 is 0 Å². The van der Waals surface area contributed by atoms with Crippen LogP contribution in [0.1, 0.15) is 31.9 Å². The van der Waals surface area contributed by atoms with Crippen molar-refractivity contribution in [2.45, 2.75) is 32.4 Å². The topological polar surface area (TPSA) is 68.3 Å². The first-order valence-electron chi connectivity index (χ1n) is 12.1. The zero-order chi connectivity index (χ0) is 25.2. The predicted octanol–water partition coefficient (Wildman–Crippen LogP) is 5.06. The molecule has 7 nitrogen and oxygen atoms in total. The van der Waals surface area contributed by atoms with Gasteiger partial charge in [0.1, 0.15) is 11.7 Å². The van der Waals surface area contributed by atoms with Crippen molar-refractivity contribution in [1.82, 2.24) is 0 Å². The van der Waals surface area contributed by atoms with Crippen LogP contribution in [0.4, 0.5) is 15.8 Å². The lowest BCUT2D eigenvalue weighted by molar-refractivity contribution is -0.126. The van der Waals surface area contributed by atoms with E-state index in [9.17, 15) is 14.0 Å². The van der Waals surface area contributed by atoms with Gasteiger partial charge in [0.2, 0.25) is 5.91 Å². The van der Waals surface area contributed by atoms with E-state index in [2.05, 4.69) is 0 Å². The van der Waals surface area contributed by atoms with E-state index in [0.717, 1.165) is 16.9 Å². The van der Waals surface area contributed by atoms with Gasteiger partial charge in [-0.3, -0.25) is 14.4 Å². The molecule has 8 heteroatoms. The number of fused-ring (bicyclic) bond motifs is 1. The first-order chi connectivity index (χ1) is 17.5. The van der Waals surface area contributed by atoms with Crippen LogP contribution < -0.4 is 19.4 Å².